The van der Waals surface area contributed by atoms with E-state index in [1.165, 1.54) is 0 Å². The minimum Gasteiger partial charge on any atom is -0.489 e. The first-order chi connectivity index (χ1) is 55.2. The van der Waals surface area contributed by atoms with E-state index in [0.717, 1.165) is 190 Å². The van der Waals surface area contributed by atoms with Gasteiger partial charge < -0.3 is 28.1 Å². The van der Waals surface area contributed by atoms with Crippen LogP contribution in [0.1, 0.15) is 66.8 Å². The predicted octanol–water partition coefficient (Wildman–Crippen LogP) is 27.5. The van der Waals surface area contributed by atoms with Crippen molar-refractivity contribution in [3.8, 4) is 44.9 Å². The number of furan rings is 2. The third-order valence-corrected chi connectivity index (χ3v) is 22.8. The summed E-state index contributed by atoms with van der Waals surface area (Å²) in [5.41, 5.74) is 25.8. The van der Waals surface area contributed by atoms with Crippen molar-refractivity contribution in [3.63, 3.8) is 0 Å². The molecule has 2 aliphatic rings. The van der Waals surface area contributed by atoms with Crippen molar-refractivity contribution in [1.29, 1.82) is 0 Å². The van der Waals surface area contributed by atoms with Gasteiger partial charge in [-0.1, -0.05) is 256 Å². The minimum absolute atomic E-state index is 0.309. The zero-order chi connectivity index (χ0) is 75.0. The predicted molar refractivity (Wildman–Crippen MR) is 452 cm³/mol. The smallest absolute Gasteiger partial charge is 0.137 e. The second-order valence-electron chi connectivity index (χ2n) is 28.8. The Balaban J connectivity index is 0.704. The van der Waals surface area contributed by atoms with Crippen LogP contribution in [0.5, 0.6) is 11.5 Å². The van der Waals surface area contributed by atoms with Crippen molar-refractivity contribution in [3.05, 3.63) is 456 Å². The lowest BCUT2D eigenvalue weighted by molar-refractivity contribution is 0.306. The van der Waals surface area contributed by atoms with Crippen LogP contribution < -0.4 is 19.3 Å². The third-order valence-electron chi connectivity index (χ3n) is 22.8. The van der Waals surface area contributed by atoms with Crippen molar-refractivity contribution in [2.45, 2.75) is 24.0 Å². The molecule has 0 N–H and O–H groups in total. The molecule has 2 aliphatic carbocycles. The number of anilines is 6. The van der Waals surface area contributed by atoms with E-state index in [0.29, 0.717) is 13.2 Å². The summed E-state index contributed by atoms with van der Waals surface area (Å²) in [5, 5.41) is 3.97. The molecule has 18 aromatic rings. The molecule has 0 spiro atoms. The quantitative estimate of drug-likeness (QED) is 0.0804. The third kappa shape index (κ3) is 11.1. The Morgan fingerprint density at radius 3 is 1.04 bits per heavy atom. The molecule has 2 unspecified atom stereocenters. The van der Waals surface area contributed by atoms with Crippen LogP contribution >= 0.6 is 0 Å². The van der Waals surface area contributed by atoms with Gasteiger partial charge in [-0.25, -0.2) is 8.78 Å². The van der Waals surface area contributed by atoms with Crippen LogP contribution in [-0.2, 0) is 24.0 Å². The molecule has 534 valence electrons. The number of nitrogens with zero attached hydrogens (tertiary/aromatic N) is 2. The van der Waals surface area contributed by atoms with Gasteiger partial charge in [-0.15, -0.1) is 0 Å². The van der Waals surface area contributed by atoms with Crippen molar-refractivity contribution in [2.75, 3.05) is 9.80 Å². The maximum absolute atomic E-state index is 15.4. The number of halogens is 2. The number of hydrogen-bond donors (Lipinski definition) is 0. The summed E-state index contributed by atoms with van der Waals surface area (Å²) in [6, 6.07) is 125. The average Bonchev–Trinajstić information content (AvgIpc) is 1.76. The van der Waals surface area contributed by atoms with Gasteiger partial charge in [0, 0.05) is 33.5 Å². The Bertz CT molecular complexity index is 6260. The van der Waals surface area contributed by atoms with E-state index >= 15 is 8.78 Å². The summed E-state index contributed by atoms with van der Waals surface area (Å²) in [6.07, 6.45) is 3.67. The normalized spacial score (nSPS) is 14.6. The number of rotatable bonds is 19. The number of benzene rings is 16. The molecule has 2 heterocycles. The maximum Gasteiger partial charge on any atom is 0.137 e. The van der Waals surface area contributed by atoms with Crippen LogP contribution in [-0.4, -0.2) is 0 Å². The van der Waals surface area contributed by atoms with E-state index in [1.54, 1.807) is 24.3 Å². The topological polar surface area (TPSA) is 51.2 Å². The van der Waals surface area contributed by atoms with E-state index in [4.69, 9.17) is 18.3 Å². The van der Waals surface area contributed by atoms with Crippen LogP contribution in [0.25, 0.3) is 89.4 Å². The Hall–Kier alpha value is -14.3. The SMILES string of the molecule is C=Cc1ccc(COc2ccc(C3(c4ccc(F)cc4)c4ccccc4-c4ccc(N(c5ccc(-c6ccc(N(c7ccc8c(c7)C(c7ccc(F)cc7)(c7ccc(OCc9ccc(C=C)cc9)cc7)c7ccccc7-8)c7cccc8oc9ccccc9c78)cc6)cc5)c5cccc6oc7ccccc7c56)cc43)cc2)cc1. The van der Waals surface area contributed by atoms with Crippen LogP contribution in [0, 0.1) is 11.6 Å². The van der Waals surface area contributed by atoms with E-state index < -0.39 is 10.8 Å². The van der Waals surface area contributed by atoms with Gasteiger partial charge in [0.2, 0.25) is 0 Å². The van der Waals surface area contributed by atoms with Gasteiger partial charge in [0.1, 0.15) is 58.7 Å². The van der Waals surface area contributed by atoms with Crippen molar-refractivity contribution < 1.29 is 27.1 Å². The van der Waals surface area contributed by atoms with Crippen LogP contribution in [0.2, 0.25) is 0 Å². The molecule has 112 heavy (non-hydrogen) atoms. The molecule has 0 bridgehead atoms. The Kier molecular flexibility index (Phi) is 16.4. The Morgan fingerprint density at radius 2 is 0.643 bits per heavy atom. The van der Waals surface area contributed by atoms with E-state index in [9.17, 15) is 0 Å². The van der Waals surface area contributed by atoms with Crippen LogP contribution in [0.4, 0.5) is 42.9 Å². The lowest BCUT2D eigenvalue weighted by atomic mass is 9.67. The number of fused-ring (bicyclic) bond motifs is 12. The molecule has 0 saturated carbocycles. The highest BCUT2D eigenvalue weighted by Crippen LogP contribution is 2.60. The van der Waals surface area contributed by atoms with Gasteiger partial charge in [-0.05, 0) is 234 Å². The molecule has 0 amide bonds. The molecule has 16 aromatic carbocycles. The molecule has 0 fully saturated rings. The summed E-state index contributed by atoms with van der Waals surface area (Å²) in [7, 11) is 0. The summed E-state index contributed by atoms with van der Waals surface area (Å²) in [5.74, 6) is 0.852. The molecule has 0 aliphatic heterocycles. The van der Waals surface area contributed by atoms with Gasteiger partial charge >= 0.3 is 0 Å². The largest absolute Gasteiger partial charge is 0.489 e. The number of ether oxygens (including phenoxy) is 2. The van der Waals surface area contributed by atoms with Gasteiger partial charge in [-0.2, -0.15) is 0 Å². The molecule has 0 radical (unpaired) electrons. The zero-order valence-corrected chi connectivity index (χ0v) is 60.9. The molecular weight excluding hydrogens is 1380 g/mol. The maximum atomic E-state index is 15.4. The highest BCUT2D eigenvalue weighted by molar-refractivity contribution is 6.15. The average molecular weight is 1450 g/mol. The Labute approximate surface area is 647 Å². The first-order valence-corrected chi connectivity index (χ1v) is 37.7. The first kappa shape index (κ1) is 67.0. The van der Waals surface area contributed by atoms with Gasteiger partial charge in [0.25, 0.3) is 0 Å². The fraction of sp³-hybridized carbons (Fsp3) is 0.0385. The fourth-order valence-electron chi connectivity index (χ4n) is 17.6. The second kappa shape index (κ2) is 27.4. The van der Waals surface area contributed by atoms with E-state index in [1.807, 2.05) is 121 Å². The Morgan fingerprint density at radius 1 is 0.304 bits per heavy atom. The zero-order valence-electron chi connectivity index (χ0n) is 60.9. The summed E-state index contributed by atoms with van der Waals surface area (Å²) < 4.78 is 57.0. The molecule has 2 atom stereocenters. The number of para-hydroxylation sites is 2. The monoisotopic (exact) mass is 1450 g/mol. The van der Waals surface area contributed by atoms with Crippen molar-refractivity contribution in [1.82, 2.24) is 0 Å². The van der Waals surface area contributed by atoms with Gasteiger partial charge in [0.15, 0.2) is 0 Å². The van der Waals surface area contributed by atoms with Crippen molar-refractivity contribution in [2.24, 2.45) is 0 Å². The van der Waals surface area contributed by atoms with E-state index in [-0.39, 0.29) is 11.6 Å². The fourth-order valence-corrected chi connectivity index (χ4v) is 17.6. The van der Waals surface area contributed by atoms with Crippen LogP contribution in [0.15, 0.2) is 386 Å². The molecular formula is C104H70F2N2O4. The highest BCUT2D eigenvalue weighted by Gasteiger charge is 2.48. The second-order valence-corrected chi connectivity index (χ2v) is 28.8. The lowest BCUT2D eigenvalue weighted by Crippen LogP contribution is -2.29. The molecule has 8 heteroatoms. The van der Waals surface area contributed by atoms with Crippen LogP contribution in [0.3, 0.4) is 0 Å². The molecule has 6 nitrogen and oxygen atoms in total. The van der Waals surface area contributed by atoms with E-state index in [2.05, 4.69) is 253 Å². The lowest BCUT2D eigenvalue weighted by Gasteiger charge is -2.35. The molecule has 0 saturated heterocycles. The van der Waals surface area contributed by atoms with Gasteiger partial charge in [-0.3, -0.25) is 0 Å². The summed E-state index contributed by atoms with van der Waals surface area (Å²) in [6.45, 7) is 8.64. The number of hydrogen-bond acceptors (Lipinski definition) is 6. The first-order valence-electron chi connectivity index (χ1n) is 37.7. The molecule has 2 aromatic heterocycles. The highest BCUT2D eigenvalue weighted by atomic mass is 19.1. The van der Waals surface area contributed by atoms with Gasteiger partial charge in [0.05, 0.1) is 33.0 Å². The summed E-state index contributed by atoms with van der Waals surface area (Å²) in [4.78, 5) is 4.70. The standard InChI is InChI=1S/C104H70F2N2O4/c1-3-67-27-31-69(32-28-67)65-109-83-57-43-75(44-58-83)103(73-39-47-77(105)48-40-73)91-19-9-5-15-85(91)87-61-55-81(63-93(87)103)107(95-21-13-25-99-101(95)89-17-7-11-23-97(89)111-99)79-51-35-71(36-52-79)72-37-53-80(54-38-72)108(96-22-14-26-100-102(96)90-18-8-12-24-98(90)112-100)82-56-62-88-86-16-6-10-20-92(86)104(94(88)64-82,74-41-49-78(106)50-42-74)76-45-59-84(60-46-76)110-66-70-33-29-68(4-2)30-34-70/h3-64H,1-2,65-66H2. The van der Waals surface area contributed by atoms with Crippen molar-refractivity contribution >= 4 is 90.2 Å². The molecule has 20 rings (SSSR count). The minimum atomic E-state index is -0.885. The summed E-state index contributed by atoms with van der Waals surface area (Å²) >= 11 is 0.